The van der Waals surface area contributed by atoms with Crippen LogP contribution in [0.1, 0.15) is 11.6 Å². The molecule has 0 aromatic heterocycles. The van der Waals surface area contributed by atoms with Crippen molar-refractivity contribution in [3.63, 3.8) is 0 Å². The Morgan fingerprint density at radius 2 is 2.38 bits per heavy atom. The van der Waals surface area contributed by atoms with Gasteiger partial charge in [-0.2, -0.15) is 0 Å². The third kappa shape index (κ3) is 3.59. The number of halogens is 2. The first-order valence-corrected chi connectivity index (χ1v) is 5.33. The van der Waals surface area contributed by atoms with Gasteiger partial charge in [-0.25, -0.2) is 4.39 Å². The summed E-state index contributed by atoms with van der Waals surface area (Å²) in [5.74, 6) is -0.481. The number of nitrogens with two attached hydrogens (primary N) is 1. The Labute approximate surface area is 104 Å². The Morgan fingerprint density at radius 3 is 2.88 bits per heavy atom. The van der Waals surface area contributed by atoms with Crippen LogP contribution in [0.5, 0.6) is 0 Å². The maximum Gasteiger partial charge on any atom is 0.164 e. The molecule has 0 bridgehead atoms. The van der Waals surface area contributed by atoms with Crippen molar-refractivity contribution in [3.8, 4) is 0 Å². The molecule has 0 fully saturated rings. The number of methoxy groups -OCH3 is 1. The molecular weight excluding hydrogens is 251 g/mol. The molecule has 0 aliphatic rings. The molecule has 0 amide bonds. The third-order valence-corrected chi connectivity index (χ3v) is 2.42. The van der Waals surface area contributed by atoms with Crippen molar-refractivity contribution in [2.24, 2.45) is 5.73 Å². The van der Waals surface area contributed by atoms with Crippen molar-refractivity contribution in [2.75, 3.05) is 13.7 Å². The molecule has 88 valence electrons. The Morgan fingerprint density at radius 1 is 1.69 bits per heavy atom. The van der Waals surface area contributed by atoms with Crippen LogP contribution < -0.4 is 11.1 Å². The minimum Gasteiger partial charge on any atom is -0.382 e. The highest BCUT2D eigenvalue weighted by Crippen LogP contribution is 2.20. The van der Waals surface area contributed by atoms with E-state index >= 15 is 0 Å². The van der Waals surface area contributed by atoms with Crippen LogP contribution in [0.4, 0.5) is 4.39 Å². The lowest BCUT2D eigenvalue weighted by Crippen LogP contribution is -2.35. The second-order valence-electron chi connectivity index (χ2n) is 3.19. The van der Waals surface area contributed by atoms with E-state index in [1.807, 2.05) is 0 Å². The largest absolute Gasteiger partial charge is 0.382 e. The third-order valence-electron chi connectivity index (χ3n) is 2.00. The van der Waals surface area contributed by atoms with Gasteiger partial charge >= 0.3 is 0 Å². The van der Waals surface area contributed by atoms with Crippen LogP contribution >= 0.6 is 23.8 Å². The minimum atomic E-state index is -0.481. The number of hydrogen-bond acceptors (Lipinski definition) is 2. The molecule has 0 saturated heterocycles. The normalized spacial score (nSPS) is 12.2. The molecule has 16 heavy (non-hydrogen) atoms. The predicted octanol–water partition coefficient (Wildman–Crippen LogP) is 2.00. The number of hydrogen-bond donors (Lipinski definition) is 2. The molecule has 1 rings (SSSR count). The second kappa shape index (κ2) is 5.98. The molecule has 3 nitrogen and oxygen atoms in total. The average Bonchev–Trinajstić information content (AvgIpc) is 2.21. The molecule has 0 aliphatic carbocycles. The van der Waals surface area contributed by atoms with Crippen molar-refractivity contribution < 1.29 is 9.13 Å². The summed E-state index contributed by atoms with van der Waals surface area (Å²) >= 11 is 10.3. The first kappa shape index (κ1) is 13.2. The van der Waals surface area contributed by atoms with Gasteiger partial charge in [-0.05, 0) is 29.9 Å². The molecule has 0 spiro atoms. The van der Waals surface area contributed by atoms with E-state index in [2.05, 4.69) is 5.32 Å². The van der Waals surface area contributed by atoms with Crippen LogP contribution in [0.15, 0.2) is 18.2 Å². The summed E-state index contributed by atoms with van der Waals surface area (Å²) in [7, 11) is 1.54. The van der Waals surface area contributed by atoms with Crippen LogP contribution in [0.3, 0.4) is 0 Å². The zero-order valence-corrected chi connectivity index (χ0v) is 10.2. The maximum atomic E-state index is 13.3. The summed E-state index contributed by atoms with van der Waals surface area (Å²) in [6.07, 6.45) is 0. The van der Waals surface area contributed by atoms with E-state index in [0.717, 1.165) is 0 Å². The number of benzene rings is 1. The zero-order valence-electron chi connectivity index (χ0n) is 8.67. The quantitative estimate of drug-likeness (QED) is 0.815. The van der Waals surface area contributed by atoms with Gasteiger partial charge in [0.05, 0.1) is 17.7 Å². The lowest BCUT2D eigenvalue weighted by atomic mass is 10.1. The van der Waals surface area contributed by atoms with Crippen molar-refractivity contribution in [1.29, 1.82) is 0 Å². The molecular formula is C10H12ClFN2OS. The van der Waals surface area contributed by atoms with Gasteiger partial charge in [0.2, 0.25) is 0 Å². The highest BCUT2D eigenvalue weighted by Gasteiger charge is 2.13. The fourth-order valence-electron chi connectivity index (χ4n) is 1.29. The molecule has 0 radical (unpaired) electrons. The fraction of sp³-hybridized carbons (Fsp3) is 0.300. The van der Waals surface area contributed by atoms with Crippen molar-refractivity contribution in [3.05, 3.63) is 34.6 Å². The summed E-state index contributed by atoms with van der Waals surface area (Å²) < 4.78 is 18.2. The smallest absolute Gasteiger partial charge is 0.164 e. The van der Waals surface area contributed by atoms with Crippen LogP contribution in [0, 0.1) is 5.82 Å². The molecule has 1 atom stereocenters. The summed E-state index contributed by atoms with van der Waals surface area (Å²) in [5, 5.41) is 3.03. The van der Waals surface area contributed by atoms with Crippen LogP contribution in [-0.4, -0.2) is 18.8 Å². The minimum absolute atomic E-state index is 0.0789. The fourth-order valence-corrected chi connectivity index (χ4v) is 1.55. The highest BCUT2D eigenvalue weighted by molar-refractivity contribution is 7.80. The van der Waals surface area contributed by atoms with Crippen LogP contribution in [-0.2, 0) is 4.74 Å². The Bertz CT molecular complexity index is 389. The van der Waals surface area contributed by atoms with E-state index in [4.69, 9.17) is 34.3 Å². The summed E-state index contributed by atoms with van der Waals surface area (Å²) in [6, 6.07) is 4.22. The van der Waals surface area contributed by atoms with E-state index in [9.17, 15) is 4.39 Å². The van der Waals surface area contributed by atoms with Gasteiger partial charge in [0.15, 0.2) is 5.11 Å². The molecule has 0 saturated carbocycles. The topological polar surface area (TPSA) is 47.3 Å². The monoisotopic (exact) mass is 262 g/mol. The SMILES string of the molecule is COCC(NC(N)=S)c1ccc(Cl)c(F)c1. The summed E-state index contributed by atoms with van der Waals surface area (Å²) in [6.45, 7) is 0.332. The van der Waals surface area contributed by atoms with E-state index in [1.165, 1.54) is 12.1 Å². The number of thiocarbonyl (C=S) groups is 1. The number of rotatable bonds is 4. The van der Waals surface area contributed by atoms with E-state index in [1.54, 1.807) is 13.2 Å². The molecule has 1 unspecified atom stereocenters. The molecule has 6 heteroatoms. The second-order valence-corrected chi connectivity index (χ2v) is 4.04. The van der Waals surface area contributed by atoms with Gasteiger partial charge < -0.3 is 15.8 Å². The first-order valence-electron chi connectivity index (χ1n) is 4.54. The maximum absolute atomic E-state index is 13.3. The average molecular weight is 263 g/mol. The Hall–Kier alpha value is -0.910. The molecule has 0 aliphatic heterocycles. The van der Waals surface area contributed by atoms with Gasteiger partial charge in [-0.3, -0.25) is 0 Å². The first-order chi connectivity index (χ1) is 7.54. The van der Waals surface area contributed by atoms with Crippen LogP contribution in [0.2, 0.25) is 5.02 Å². The number of ether oxygens (including phenoxy) is 1. The Balaban J connectivity index is 2.91. The molecule has 1 aromatic rings. The van der Waals surface area contributed by atoms with Gasteiger partial charge in [0.1, 0.15) is 5.82 Å². The summed E-state index contributed by atoms with van der Waals surface area (Å²) in [4.78, 5) is 0. The standard InChI is InChI=1S/C10H12ClFN2OS/c1-15-5-9(14-10(13)16)6-2-3-7(11)8(12)4-6/h2-4,9H,5H2,1H3,(H3,13,14,16). The van der Waals surface area contributed by atoms with Gasteiger partial charge in [0, 0.05) is 7.11 Å². The van der Waals surface area contributed by atoms with E-state index < -0.39 is 5.82 Å². The van der Waals surface area contributed by atoms with Gasteiger partial charge in [0.25, 0.3) is 0 Å². The van der Waals surface area contributed by atoms with Gasteiger partial charge in [-0.15, -0.1) is 0 Å². The zero-order chi connectivity index (χ0) is 12.1. The molecule has 0 heterocycles. The van der Waals surface area contributed by atoms with Crippen molar-refractivity contribution in [2.45, 2.75) is 6.04 Å². The number of nitrogens with one attached hydrogen (secondary N) is 1. The molecule has 3 N–H and O–H groups in total. The highest BCUT2D eigenvalue weighted by atomic mass is 35.5. The lowest BCUT2D eigenvalue weighted by molar-refractivity contribution is 0.174. The van der Waals surface area contributed by atoms with E-state index in [-0.39, 0.29) is 16.2 Å². The van der Waals surface area contributed by atoms with E-state index in [0.29, 0.717) is 12.2 Å². The van der Waals surface area contributed by atoms with Crippen LogP contribution in [0.25, 0.3) is 0 Å². The lowest BCUT2D eigenvalue weighted by Gasteiger charge is -2.18. The summed E-state index contributed by atoms with van der Waals surface area (Å²) in [5.41, 5.74) is 6.05. The predicted molar refractivity (Wildman–Crippen MR) is 65.9 cm³/mol. The van der Waals surface area contributed by atoms with Crippen molar-refractivity contribution >= 4 is 28.9 Å². The van der Waals surface area contributed by atoms with Gasteiger partial charge in [-0.1, -0.05) is 17.7 Å². The Kier molecular flexibility index (Phi) is 4.92. The molecule has 1 aromatic carbocycles. The van der Waals surface area contributed by atoms with Crippen molar-refractivity contribution in [1.82, 2.24) is 5.32 Å².